The highest BCUT2D eigenvalue weighted by atomic mass is 16.2. The number of amides is 3. The van der Waals surface area contributed by atoms with Crippen LogP contribution < -0.4 is 5.32 Å². The summed E-state index contributed by atoms with van der Waals surface area (Å²) in [6.07, 6.45) is 3.48. The lowest BCUT2D eigenvalue weighted by molar-refractivity contribution is -0.143. The predicted octanol–water partition coefficient (Wildman–Crippen LogP) is 2.41. The van der Waals surface area contributed by atoms with Crippen molar-refractivity contribution in [2.24, 2.45) is 17.3 Å². The lowest BCUT2D eigenvalue weighted by Gasteiger charge is -2.38. The smallest absolute Gasteiger partial charge is 0.227 e. The molecule has 2 fully saturated rings. The zero-order valence-electron chi connectivity index (χ0n) is 21.4. The maximum atomic E-state index is 13.2. The zero-order valence-corrected chi connectivity index (χ0v) is 21.4. The third kappa shape index (κ3) is 7.55. The van der Waals surface area contributed by atoms with Crippen LogP contribution in [0.2, 0.25) is 0 Å². The third-order valence-electron chi connectivity index (χ3n) is 6.98. The number of hydrogen-bond donors (Lipinski definition) is 1. The van der Waals surface area contributed by atoms with Gasteiger partial charge in [-0.25, -0.2) is 0 Å². The number of rotatable bonds is 8. The van der Waals surface area contributed by atoms with Crippen LogP contribution in [0.3, 0.4) is 0 Å². The summed E-state index contributed by atoms with van der Waals surface area (Å²) < 4.78 is 0. The van der Waals surface area contributed by atoms with Gasteiger partial charge in [-0.2, -0.15) is 0 Å². The van der Waals surface area contributed by atoms with Gasteiger partial charge in [0.05, 0.1) is 12.3 Å². The molecule has 188 valence electrons. The minimum atomic E-state index is -0.134. The first-order valence-corrected chi connectivity index (χ1v) is 12.7. The van der Waals surface area contributed by atoms with Crippen LogP contribution >= 0.6 is 0 Å². The van der Waals surface area contributed by atoms with Gasteiger partial charge in [-0.1, -0.05) is 44.2 Å². The summed E-state index contributed by atoms with van der Waals surface area (Å²) in [6, 6.07) is 9.77. The van der Waals surface area contributed by atoms with Crippen molar-refractivity contribution in [2.45, 2.75) is 46.0 Å². The molecule has 7 nitrogen and oxygen atoms in total. The van der Waals surface area contributed by atoms with E-state index in [9.17, 15) is 14.4 Å². The first kappa shape index (κ1) is 26.2. The summed E-state index contributed by atoms with van der Waals surface area (Å²) in [6.45, 7) is 8.34. The van der Waals surface area contributed by atoms with Crippen LogP contribution in [0.15, 0.2) is 30.3 Å². The molecule has 1 N–H and O–H groups in total. The normalized spacial score (nSPS) is 19.9. The van der Waals surface area contributed by atoms with Crippen LogP contribution in [0.1, 0.15) is 45.1 Å². The molecule has 3 rings (SSSR count). The number of nitrogens with zero attached hydrogens (tertiary/aromatic N) is 3. The average molecular weight is 471 g/mol. The molecule has 2 heterocycles. The predicted molar refractivity (Wildman–Crippen MR) is 134 cm³/mol. The van der Waals surface area contributed by atoms with Crippen molar-refractivity contribution < 1.29 is 14.4 Å². The second-order valence-corrected chi connectivity index (χ2v) is 11.1. The van der Waals surface area contributed by atoms with Crippen molar-refractivity contribution in [3.63, 3.8) is 0 Å². The Bertz CT molecular complexity index is 832. The number of likely N-dealkylation sites (tertiary alicyclic amines) is 2. The highest BCUT2D eigenvalue weighted by molar-refractivity contribution is 5.83. The van der Waals surface area contributed by atoms with Gasteiger partial charge in [0.1, 0.15) is 0 Å². The van der Waals surface area contributed by atoms with E-state index in [4.69, 9.17) is 0 Å². The minimum absolute atomic E-state index is 0.0145. The van der Waals surface area contributed by atoms with E-state index in [2.05, 4.69) is 24.1 Å². The van der Waals surface area contributed by atoms with Crippen molar-refractivity contribution in [1.82, 2.24) is 20.0 Å². The standard InChI is InChI=1S/C27H42N4O3/c1-27(2,20-29(3)4)19-28-25(33)22-12-15-30(16-13-22)26(34)23-11-8-14-31(18-23)24(32)17-21-9-6-5-7-10-21/h5-7,9-10,22-23H,8,11-20H2,1-4H3,(H,28,33). The molecule has 0 radical (unpaired) electrons. The largest absolute Gasteiger partial charge is 0.355 e. The second kappa shape index (κ2) is 11.8. The van der Waals surface area contributed by atoms with E-state index in [1.54, 1.807) is 0 Å². The van der Waals surface area contributed by atoms with Crippen LogP contribution in [-0.2, 0) is 20.8 Å². The van der Waals surface area contributed by atoms with Gasteiger partial charge in [-0.05, 0) is 50.8 Å². The lowest BCUT2D eigenvalue weighted by Crippen LogP contribution is -2.50. The SMILES string of the molecule is CN(C)CC(C)(C)CNC(=O)C1CCN(C(=O)C2CCCN(C(=O)Cc3ccccc3)C2)CC1. The van der Waals surface area contributed by atoms with Crippen molar-refractivity contribution in [3.05, 3.63) is 35.9 Å². The number of nitrogens with one attached hydrogen (secondary N) is 1. The van der Waals surface area contributed by atoms with Gasteiger partial charge in [-0.15, -0.1) is 0 Å². The van der Waals surface area contributed by atoms with Gasteiger partial charge in [0.25, 0.3) is 0 Å². The maximum Gasteiger partial charge on any atom is 0.227 e. The Balaban J connectivity index is 1.44. The molecule has 2 aliphatic rings. The summed E-state index contributed by atoms with van der Waals surface area (Å²) in [5.74, 6) is 0.175. The molecule has 1 aromatic carbocycles. The maximum absolute atomic E-state index is 13.2. The Kier molecular flexibility index (Phi) is 9.11. The van der Waals surface area contributed by atoms with E-state index in [1.807, 2.05) is 54.2 Å². The second-order valence-electron chi connectivity index (χ2n) is 11.1. The van der Waals surface area contributed by atoms with E-state index in [1.165, 1.54) is 0 Å². The molecule has 0 saturated carbocycles. The van der Waals surface area contributed by atoms with Crippen LogP contribution in [-0.4, -0.2) is 85.8 Å². The topological polar surface area (TPSA) is 73.0 Å². The first-order chi connectivity index (χ1) is 16.1. The summed E-state index contributed by atoms with van der Waals surface area (Å²) in [4.78, 5) is 44.6. The molecule has 1 unspecified atom stereocenters. The Morgan fingerprint density at radius 1 is 0.971 bits per heavy atom. The Morgan fingerprint density at radius 2 is 1.65 bits per heavy atom. The van der Waals surface area contributed by atoms with Crippen LogP contribution in [0.4, 0.5) is 0 Å². The van der Waals surface area contributed by atoms with Crippen LogP contribution in [0.25, 0.3) is 0 Å². The molecule has 3 amide bonds. The minimum Gasteiger partial charge on any atom is -0.355 e. The quantitative estimate of drug-likeness (QED) is 0.633. The van der Waals surface area contributed by atoms with Gasteiger partial charge in [0.2, 0.25) is 17.7 Å². The van der Waals surface area contributed by atoms with Gasteiger partial charge in [0.15, 0.2) is 0 Å². The van der Waals surface area contributed by atoms with Gasteiger partial charge >= 0.3 is 0 Å². The summed E-state index contributed by atoms with van der Waals surface area (Å²) in [7, 11) is 4.09. The highest BCUT2D eigenvalue weighted by Gasteiger charge is 2.34. The molecule has 0 spiro atoms. The molecular formula is C27H42N4O3. The Morgan fingerprint density at radius 3 is 2.29 bits per heavy atom. The van der Waals surface area contributed by atoms with E-state index in [-0.39, 0.29) is 35.0 Å². The molecule has 7 heteroatoms. The Hall–Kier alpha value is -2.41. The number of carbonyl (C=O) groups is 3. The molecule has 1 aromatic rings. The fourth-order valence-electron chi connectivity index (χ4n) is 5.29. The average Bonchev–Trinajstić information content (AvgIpc) is 2.82. The summed E-state index contributed by atoms with van der Waals surface area (Å²) in [5, 5.41) is 3.13. The van der Waals surface area contributed by atoms with Gasteiger partial charge in [0, 0.05) is 45.2 Å². The molecule has 1 atom stereocenters. The zero-order chi connectivity index (χ0) is 24.7. The molecule has 0 aromatic heterocycles. The third-order valence-corrected chi connectivity index (χ3v) is 6.98. The lowest BCUT2D eigenvalue weighted by atomic mass is 9.90. The highest BCUT2D eigenvalue weighted by Crippen LogP contribution is 2.24. The number of carbonyl (C=O) groups excluding carboxylic acids is 3. The monoisotopic (exact) mass is 470 g/mol. The number of hydrogen-bond acceptors (Lipinski definition) is 4. The summed E-state index contributed by atoms with van der Waals surface area (Å²) >= 11 is 0. The van der Waals surface area contributed by atoms with E-state index >= 15 is 0 Å². The van der Waals surface area contributed by atoms with Gasteiger partial charge < -0.3 is 20.0 Å². The van der Waals surface area contributed by atoms with E-state index < -0.39 is 0 Å². The molecule has 2 aliphatic heterocycles. The van der Waals surface area contributed by atoms with Gasteiger partial charge in [-0.3, -0.25) is 14.4 Å². The molecular weight excluding hydrogens is 428 g/mol. The van der Waals surface area contributed by atoms with Crippen LogP contribution in [0, 0.1) is 17.3 Å². The first-order valence-electron chi connectivity index (χ1n) is 12.7. The number of piperidine rings is 2. The van der Waals surface area contributed by atoms with Crippen LogP contribution in [0.5, 0.6) is 0 Å². The van der Waals surface area contributed by atoms with Crippen molar-refractivity contribution >= 4 is 17.7 Å². The van der Waals surface area contributed by atoms with Crippen molar-refractivity contribution in [1.29, 1.82) is 0 Å². The number of benzene rings is 1. The fraction of sp³-hybridized carbons (Fsp3) is 0.667. The molecule has 2 saturated heterocycles. The van der Waals surface area contributed by atoms with Crippen molar-refractivity contribution in [2.75, 3.05) is 53.4 Å². The molecule has 0 bridgehead atoms. The molecule has 34 heavy (non-hydrogen) atoms. The molecule has 0 aliphatic carbocycles. The summed E-state index contributed by atoms with van der Waals surface area (Å²) in [5.41, 5.74) is 1.02. The van der Waals surface area contributed by atoms with E-state index in [0.29, 0.717) is 45.4 Å². The van der Waals surface area contributed by atoms with Crippen molar-refractivity contribution in [3.8, 4) is 0 Å². The Labute approximate surface area is 204 Å². The fourth-order valence-corrected chi connectivity index (χ4v) is 5.29. The van der Waals surface area contributed by atoms with E-state index in [0.717, 1.165) is 31.5 Å².